The number of carbonyl (C=O) groups excluding carboxylic acids is 1. The minimum absolute atomic E-state index is 0.106. The van der Waals surface area contributed by atoms with Crippen molar-refractivity contribution in [3.63, 3.8) is 0 Å². The Balaban J connectivity index is 0.000000357. The zero-order valence-electron chi connectivity index (χ0n) is 19.1. The van der Waals surface area contributed by atoms with Crippen molar-refractivity contribution in [2.45, 2.75) is 38.4 Å². The Labute approximate surface area is 194 Å². The molecule has 3 N–H and O–H groups in total. The second-order valence-corrected chi connectivity index (χ2v) is 9.06. The van der Waals surface area contributed by atoms with Crippen molar-refractivity contribution >= 4 is 27.4 Å². The van der Waals surface area contributed by atoms with Crippen molar-refractivity contribution in [3.05, 3.63) is 78.9 Å². The minimum Gasteiger partial charge on any atom is -0.354 e. The van der Waals surface area contributed by atoms with Gasteiger partial charge < -0.3 is 15.4 Å². The molecule has 0 aliphatic carbocycles. The van der Waals surface area contributed by atoms with E-state index in [4.69, 9.17) is 4.74 Å². The number of aromatic nitrogens is 2. The highest BCUT2D eigenvalue weighted by molar-refractivity contribution is 7.90. The molecule has 0 spiro atoms. The SMILES string of the molecule is COC[n+]1ccccc1.Cc1cccc(Nc2ccncc2S(=O)(=O)NC(=O)NC(C)C)c1. The van der Waals surface area contributed by atoms with Crippen LogP contribution in [0, 0.1) is 6.92 Å². The first-order valence-corrected chi connectivity index (χ1v) is 11.7. The van der Waals surface area contributed by atoms with Crippen LogP contribution in [0.1, 0.15) is 19.4 Å². The number of methoxy groups -OCH3 is 1. The van der Waals surface area contributed by atoms with Crippen molar-refractivity contribution in [2.24, 2.45) is 0 Å². The fourth-order valence-corrected chi connectivity index (χ4v) is 3.73. The molecule has 0 fully saturated rings. The third-order valence-electron chi connectivity index (χ3n) is 4.07. The van der Waals surface area contributed by atoms with E-state index < -0.39 is 16.1 Å². The summed E-state index contributed by atoms with van der Waals surface area (Å²) in [7, 11) is -2.37. The monoisotopic (exact) mass is 472 g/mol. The molecule has 2 aromatic heterocycles. The van der Waals surface area contributed by atoms with Crippen LogP contribution in [-0.2, 0) is 21.5 Å². The van der Waals surface area contributed by atoms with E-state index in [-0.39, 0.29) is 10.9 Å². The van der Waals surface area contributed by atoms with Gasteiger partial charge in [-0.15, -0.1) is 0 Å². The molecule has 0 aliphatic heterocycles. The van der Waals surface area contributed by atoms with E-state index in [2.05, 4.69) is 15.6 Å². The summed E-state index contributed by atoms with van der Waals surface area (Å²) in [5, 5.41) is 5.52. The number of rotatable bonds is 7. The molecule has 0 aliphatic rings. The summed E-state index contributed by atoms with van der Waals surface area (Å²) in [6, 6.07) is 14.0. The summed E-state index contributed by atoms with van der Waals surface area (Å²) in [6.45, 7) is 6.04. The number of hydrogen-bond donors (Lipinski definition) is 3. The van der Waals surface area contributed by atoms with Crippen LogP contribution < -0.4 is 19.9 Å². The van der Waals surface area contributed by atoms with E-state index in [1.165, 1.54) is 18.5 Å². The molecule has 176 valence electrons. The van der Waals surface area contributed by atoms with Crippen LogP contribution >= 0.6 is 0 Å². The Bertz CT molecular complexity index is 1140. The van der Waals surface area contributed by atoms with E-state index in [1.807, 2.05) is 71.1 Å². The van der Waals surface area contributed by atoms with E-state index in [0.717, 1.165) is 11.3 Å². The van der Waals surface area contributed by atoms with Crippen molar-refractivity contribution < 1.29 is 22.5 Å². The van der Waals surface area contributed by atoms with Gasteiger partial charge in [-0.1, -0.05) is 18.2 Å². The Kier molecular flexibility index (Phi) is 9.77. The lowest BCUT2D eigenvalue weighted by Gasteiger charge is -2.14. The van der Waals surface area contributed by atoms with Gasteiger partial charge in [0.05, 0.1) is 5.69 Å². The van der Waals surface area contributed by atoms with Gasteiger partial charge in [0.25, 0.3) is 16.8 Å². The lowest BCUT2D eigenvalue weighted by Crippen LogP contribution is -2.42. The topological polar surface area (TPSA) is 113 Å². The van der Waals surface area contributed by atoms with Gasteiger partial charge in [0, 0.05) is 43.4 Å². The molecular formula is C23H30N5O4S+. The highest BCUT2D eigenvalue weighted by Gasteiger charge is 2.22. The molecule has 1 aromatic carbocycles. The van der Waals surface area contributed by atoms with Gasteiger partial charge in [-0.05, 0) is 44.5 Å². The third-order valence-corrected chi connectivity index (χ3v) is 5.43. The van der Waals surface area contributed by atoms with Crippen LogP contribution in [0.4, 0.5) is 16.2 Å². The summed E-state index contributed by atoms with van der Waals surface area (Å²) in [6.07, 6.45) is 6.60. The van der Waals surface area contributed by atoms with Crippen LogP contribution in [0.3, 0.4) is 0 Å². The summed E-state index contributed by atoms with van der Waals surface area (Å²) < 4.78 is 33.7. The van der Waals surface area contributed by atoms with Gasteiger partial charge in [0.1, 0.15) is 4.90 Å². The molecule has 9 nitrogen and oxygen atoms in total. The lowest BCUT2D eigenvalue weighted by atomic mass is 10.2. The fourth-order valence-electron chi connectivity index (χ4n) is 2.71. The second kappa shape index (κ2) is 12.5. The summed E-state index contributed by atoms with van der Waals surface area (Å²) in [5.41, 5.74) is 2.11. The van der Waals surface area contributed by atoms with Crippen LogP contribution in [0.5, 0.6) is 0 Å². The summed E-state index contributed by atoms with van der Waals surface area (Å²) in [4.78, 5) is 15.5. The lowest BCUT2D eigenvalue weighted by molar-refractivity contribution is -0.731. The Morgan fingerprint density at radius 3 is 2.48 bits per heavy atom. The fraction of sp³-hybridized carbons (Fsp3) is 0.261. The standard InChI is InChI=1S/C16H20N4O3S.C7H10NO/c1-11(2)18-16(21)20-24(22,23)15-10-17-8-7-14(15)19-13-6-4-5-12(3)9-13;1-9-7-8-5-3-2-4-6-8/h4-11H,1-3H3,(H,17,19)(H2,18,20,21);2-6H,7H2,1H3/q;+1. The highest BCUT2D eigenvalue weighted by Crippen LogP contribution is 2.24. The highest BCUT2D eigenvalue weighted by atomic mass is 32.2. The zero-order valence-corrected chi connectivity index (χ0v) is 20.0. The van der Waals surface area contributed by atoms with Gasteiger partial charge >= 0.3 is 6.03 Å². The number of sulfonamides is 1. The Hall–Kier alpha value is -3.50. The average molecular weight is 473 g/mol. The number of carbonyl (C=O) groups is 1. The largest absolute Gasteiger partial charge is 0.354 e. The molecule has 10 heteroatoms. The van der Waals surface area contributed by atoms with E-state index in [0.29, 0.717) is 12.4 Å². The summed E-state index contributed by atoms with van der Waals surface area (Å²) >= 11 is 0. The number of ether oxygens (including phenoxy) is 1. The number of amides is 2. The molecule has 3 aromatic rings. The van der Waals surface area contributed by atoms with Crippen LogP contribution in [-0.4, -0.2) is 32.6 Å². The number of aryl methyl sites for hydroxylation is 1. The number of hydrogen-bond acceptors (Lipinski definition) is 6. The van der Waals surface area contributed by atoms with Gasteiger partial charge in [-0.3, -0.25) is 4.98 Å². The number of nitrogens with one attached hydrogen (secondary N) is 3. The molecule has 33 heavy (non-hydrogen) atoms. The van der Waals surface area contributed by atoms with E-state index >= 15 is 0 Å². The van der Waals surface area contributed by atoms with Crippen molar-refractivity contribution in [1.29, 1.82) is 0 Å². The predicted molar refractivity (Wildman–Crippen MR) is 126 cm³/mol. The molecule has 0 saturated carbocycles. The number of nitrogens with zero attached hydrogens (tertiary/aromatic N) is 2. The van der Waals surface area contributed by atoms with Crippen molar-refractivity contribution in [1.82, 2.24) is 15.0 Å². The Morgan fingerprint density at radius 2 is 1.85 bits per heavy atom. The van der Waals surface area contributed by atoms with Crippen LogP contribution in [0.2, 0.25) is 0 Å². The maximum Gasteiger partial charge on any atom is 0.328 e. The number of anilines is 2. The first kappa shape index (κ1) is 25.8. The normalized spacial score (nSPS) is 10.7. The molecule has 2 heterocycles. The average Bonchev–Trinajstić information content (AvgIpc) is 2.74. The predicted octanol–water partition coefficient (Wildman–Crippen LogP) is 3.11. The maximum atomic E-state index is 12.5. The molecule has 0 saturated heterocycles. The molecule has 0 unspecified atom stereocenters. The van der Waals surface area contributed by atoms with Gasteiger partial charge in [0.2, 0.25) is 0 Å². The first-order chi connectivity index (χ1) is 15.7. The minimum atomic E-state index is -4.05. The maximum absolute atomic E-state index is 12.5. The molecular weight excluding hydrogens is 442 g/mol. The van der Waals surface area contributed by atoms with E-state index in [9.17, 15) is 13.2 Å². The van der Waals surface area contributed by atoms with Gasteiger partial charge in [-0.25, -0.2) is 17.9 Å². The number of pyridine rings is 2. The zero-order chi connectivity index (χ0) is 24.3. The smallest absolute Gasteiger partial charge is 0.328 e. The van der Waals surface area contributed by atoms with Crippen molar-refractivity contribution in [2.75, 3.05) is 12.4 Å². The third kappa shape index (κ3) is 8.87. The number of benzene rings is 1. The second-order valence-electron chi connectivity index (χ2n) is 7.41. The molecule has 2 amide bonds. The molecule has 0 bridgehead atoms. The van der Waals surface area contributed by atoms with Gasteiger partial charge in [0.15, 0.2) is 12.4 Å². The van der Waals surface area contributed by atoms with Crippen molar-refractivity contribution in [3.8, 4) is 0 Å². The van der Waals surface area contributed by atoms with E-state index in [1.54, 1.807) is 21.0 Å². The molecule has 3 rings (SSSR count). The first-order valence-electron chi connectivity index (χ1n) is 10.3. The molecule has 0 atom stereocenters. The quantitative estimate of drug-likeness (QED) is 0.456. The number of urea groups is 1. The van der Waals surface area contributed by atoms with Gasteiger partial charge in [-0.2, -0.15) is 4.57 Å². The van der Waals surface area contributed by atoms with Crippen LogP contribution in [0.15, 0.2) is 78.2 Å². The van der Waals surface area contributed by atoms with Crippen LogP contribution in [0.25, 0.3) is 0 Å². The Morgan fingerprint density at radius 1 is 1.12 bits per heavy atom. The molecule has 0 radical (unpaired) electrons. The summed E-state index contributed by atoms with van der Waals surface area (Å²) in [5.74, 6) is 0.